The van der Waals surface area contributed by atoms with Crippen molar-refractivity contribution in [2.75, 3.05) is 11.5 Å². The molecule has 1 heterocycles. The van der Waals surface area contributed by atoms with E-state index >= 15 is 0 Å². The van der Waals surface area contributed by atoms with Gasteiger partial charge in [0.15, 0.2) is 5.78 Å². The Bertz CT molecular complexity index is 546. The van der Waals surface area contributed by atoms with Crippen LogP contribution in [0, 0.1) is 0 Å². The van der Waals surface area contributed by atoms with E-state index in [9.17, 15) is 4.79 Å². The molecule has 0 spiro atoms. The number of hydrogen-bond donors (Lipinski definition) is 2. The van der Waals surface area contributed by atoms with Crippen LogP contribution in [0.15, 0.2) is 29.0 Å². The number of ketones is 1. The zero-order valence-electron chi connectivity index (χ0n) is 8.86. The second kappa shape index (κ2) is 3.98. The molecule has 0 aliphatic rings. The Hall–Kier alpha value is -1.81. The first-order valence-electron chi connectivity index (χ1n) is 4.82. The molecule has 0 bridgehead atoms. The molecular weight excluding hydrogens is 220 g/mol. The molecule has 0 atom stereocenters. The molecule has 2 rings (SSSR count). The minimum absolute atomic E-state index is 0.0399. The van der Waals surface area contributed by atoms with Crippen molar-refractivity contribution < 1.29 is 4.79 Å². The van der Waals surface area contributed by atoms with Crippen molar-refractivity contribution in [3.05, 3.63) is 34.5 Å². The SMILES string of the molecule is CC(=O)c1cscc1-c1cc(N)ccc1N. The Morgan fingerprint density at radius 2 is 1.94 bits per heavy atom. The summed E-state index contributed by atoms with van der Waals surface area (Å²) < 4.78 is 0. The van der Waals surface area contributed by atoms with Gasteiger partial charge in [-0.1, -0.05) is 0 Å². The van der Waals surface area contributed by atoms with E-state index in [1.54, 1.807) is 25.1 Å². The van der Waals surface area contributed by atoms with E-state index in [4.69, 9.17) is 11.5 Å². The molecule has 0 aliphatic carbocycles. The van der Waals surface area contributed by atoms with Gasteiger partial charge in [-0.15, -0.1) is 0 Å². The predicted molar refractivity (Wildman–Crippen MR) is 68.6 cm³/mol. The average Bonchev–Trinajstić information content (AvgIpc) is 2.70. The maximum atomic E-state index is 11.4. The number of anilines is 2. The molecule has 0 saturated heterocycles. The summed E-state index contributed by atoms with van der Waals surface area (Å²) in [5.41, 5.74) is 15.3. The standard InChI is InChI=1S/C12H12N2OS/c1-7(15)10-5-16-6-11(10)9-4-8(13)2-3-12(9)14/h2-6H,13-14H2,1H3. The van der Waals surface area contributed by atoms with Crippen LogP contribution in [0.1, 0.15) is 17.3 Å². The molecule has 0 saturated carbocycles. The van der Waals surface area contributed by atoms with Crippen molar-refractivity contribution in [3.63, 3.8) is 0 Å². The van der Waals surface area contributed by atoms with Crippen LogP contribution in [0.2, 0.25) is 0 Å². The largest absolute Gasteiger partial charge is 0.399 e. The number of hydrogen-bond acceptors (Lipinski definition) is 4. The number of carbonyl (C=O) groups is 1. The predicted octanol–water partition coefficient (Wildman–Crippen LogP) is 2.78. The van der Waals surface area contributed by atoms with Gasteiger partial charge in [-0.2, -0.15) is 11.3 Å². The number of carbonyl (C=O) groups excluding carboxylic acids is 1. The lowest BCUT2D eigenvalue weighted by Crippen LogP contribution is -1.96. The van der Waals surface area contributed by atoms with Gasteiger partial charge in [-0.3, -0.25) is 4.79 Å². The van der Waals surface area contributed by atoms with Crippen molar-refractivity contribution in [2.24, 2.45) is 0 Å². The van der Waals surface area contributed by atoms with Crippen LogP contribution in [0.4, 0.5) is 11.4 Å². The zero-order valence-corrected chi connectivity index (χ0v) is 9.67. The highest BCUT2D eigenvalue weighted by Gasteiger charge is 2.12. The quantitative estimate of drug-likeness (QED) is 0.618. The molecule has 4 heteroatoms. The number of Topliss-reactive ketones (excluding diaryl/α,β-unsaturated/α-hetero) is 1. The Balaban J connectivity index is 2.62. The van der Waals surface area contributed by atoms with E-state index in [1.165, 1.54) is 11.3 Å². The van der Waals surface area contributed by atoms with Gasteiger partial charge in [0.2, 0.25) is 0 Å². The highest BCUT2D eigenvalue weighted by Crippen LogP contribution is 2.33. The van der Waals surface area contributed by atoms with Gasteiger partial charge < -0.3 is 11.5 Å². The van der Waals surface area contributed by atoms with E-state index in [0.29, 0.717) is 16.9 Å². The van der Waals surface area contributed by atoms with Gasteiger partial charge in [-0.05, 0) is 30.5 Å². The summed E-state index contributed by atoms with van der Waals surface area (Å²) in [5, 5.41) is 3.75. The van der Waals surface area contributed by atoms with E-state index in [1.807, 2.05) is 10.8 Å². The van der Waals surface area contributed by atoms with Gasteiger partial charge >= 0.3 is 0 Å². The maximum Gasteiger partial charge on any atom is 0.161 e. The van der Waals surface area contributed by atoms with E-state index in [0.717, 1.165) is 11.1 Å². The Kier molecular flexibility index (Phi) is 2.66. The minimum Gasteiger partial charge on any atom is -0.399 e. The van der Waals surface area contributed by atoms with Gasteiger partial charge in [0.25, 0.3) is 0 Å². The first kappa shape index (κ1) is 10.7. The third-order valence-electron chi connectivity index (χ3n) is 2.41. The van der Waals surface area contributed by atoms with Gasteiger partial charge in [0.1, 0.15) is 0 Å². The molecule has 0 amide bonds. The lowest BCUT2D eigenvalue weighted by Gasteiger charge is -2.06. The lowest BCUT2D eigenvalue weighted by molar-refractivity contribution is 0.101. The first-order valence-corrected chi connectivity index (χ1v) is 5.76. The summed E-state index contributed by atoms with van der Waals surface area (Å²) in [7, 11) is 0. The first-order chi connectivity index (χ1) is 7.59. The van der Waals surface area contributed by atoms with Crippen molar-refractivity contribution in [1.29, 1.82) is 0 Å². The summed E-state index contributed by atoms with van der Waals surface area (Å²) in [6, 6.07) is 5.30. The van der Waals surface area contributed by atoms with Crippen molar-refractivity contribution in [3.8, 4) is 11.1 Å². The lowest BCUT2D eigenvalue weighted by atomic mass is 10.0. The summed E-state index contributed by atoms with van der Waals surface area (Å²) in [6.07, 6.45) is 0. The maximum absolute atomic E-state index is 11.4. The van der Waals surface area contributed by atoms with Crippen molar-refractivity contribution >= 4 is 28.5 Å². The van der Waals surface area contributed by atoms with E-state index in [2.05, 4.69) is 0 Å². The monoisotopic (exact) mass is 232 g/mol. The van der Waals surface area contributed by atoms with Gasteiger partial charge in [0.05, 0.1) is 0 Å². The molecule has 0 aliphatic heterocycles. The summed E-state index contributed by atoms with van der Waals surface area (Å²) in [6.45, 7) is 1.55. The smallest absolute Gasteiger partial charge is 0.161 e. The average molecular weight is 232 g/mol. The number of nitrogen functional groups attached to an aromatic ring is 2. The topological polar surface area (TPSA) is 69.1 Å². The molecule has 0 radical (unpaired) electrons. The molecule has 16 heavy (non-hydrogen) atoms. The fourth-order valence-corrected chi connectivity index (χ4v) is 2.47. The van der Waals surface area contributed by atoms with E-state index < -0.39 is 0 Å². The number of rotatable bonds is 2. The van der Waals surface area contributed by atoms with Crippen LogP contribution in [-0.2, 0) is 0 Å². The van der Waals surface area contributed by atoms with Crippen molar-refractivity contribution in [2.45, 2.75) is 6.92 Å². The highest BCUT2D eigenvalue weighted by atomic mass is 32.1. The Labute approximate surface area is 97.7 Å². The summed E-state index contributed by atoms with van der Waals surface area (Å²) in [5.74, 6) is 0.0399. The van der Waals surface area contributed by atoms with Gasteiger partial charge in [0, 0.05) is 33.4 Å². The number of thiophene rings is 1. The third-order valence-corrected chi connectivity index (χ3v) is 3.15. The van der Waals surface area contributed by atoms with Crippen LogP contribution in [0.5, 0.6) is 0 Å². The van der Waals surface area contributed by atoms with Crippen LogP contribution in [0.3, 0.4) is 0 Å². The van der Waals surface area contributed by atoms with Gasteiger partial charge in [-0.25, -0.2) is 0 Å². The highest BCUT2D eigenvalue weighted by molar-refractivity contribution is 7.08. The van der Waals surface area contributed by atoms with Crippen LogP contribution >= 0.6 is 11.3 Å². The van der Waals surface area contributed by atoms with Crippen LogP contribution in [0.25, 0.3) is 11.1 Å². The Morgan fingerprint density at radius 3 is 2.62 bits per heavy atom. The summed E-state index contributed by atoms with van der Waals surface area (Å²) >= 11 is 1.49. The third kappa shape index (κ3) is 1.79. The fourth-order valence-electron chi connectivity index (χ4n) is 1.59. The molecule has 4 N–H and O–H groups in total. The fraction of sp³-hybridized carbons (Fsp3) is 0.0833. The van der Waals surface area contributed by atoms with Crippen LogP contribution < -0.4 is 11.5 Å². The molecule has 82 valence electrons. The van der Waals surface area contributed by atoms with Crippen LogP contribution in [-0.4, -0.2) is 5.78 Å². The number of nitrogens with two attached hydrogens (primary N) is 2. The minimum atomic E-state index is 0.0399. The normalized spacial score (nSPS) is 10.3. The second-order valence-electron chi connectivity index (χ2n) is 3.60. The second-order valence-corrected chi connectivity index (χ2v) is 4.35. The molecule has 1 aromatic heterocycles. The Morgan fingerprint density at radius 1 is 1.19 bits per heavy atom. The van der Waals surface area contributed by atoms with E-state index in [-0.39, 0.29) is 5.78 Å². The molecule has 2 aromatic rings. The zero-order chi connectivity index (χ0) is 11.7. The molecule has 0 fully saturated rings. The number of benzene rings is 1. The molecule has 3 nitrogen and oxygen atoms in total. The summed E-state index contributed by atoms with van der Waals surface area (Å²) in [4.78, 5) is 11.4. The van der Waals surface area contributed by atoms with Crippen molar-refractivity contribution in [1.82, 2.24) is 0 Å². The molecular formula is C12H12N2OS. The molecule has 1 aromatic carbocycles. The molecule has 0 unspecified atom stereocenters.